The van der Waals surface area contributed by atoms with Crippen LogP contribution in [0.5, 0.6) is 28.7 Å². The third-order valence-electron chi connectivity index (χ3n) is 5.94. The molecule has 0 aliphatic rings. The normalized spacial score (nSPS) is 11.1. The molecule has 0 aliphatic heterocycles. The maximum atomic E-state index is 12.7. The number of ether oxygens (including phenoxy) is 4. The number of nitrogens with one attached hydrogen (secondary N) is 1. The van der Waals surface area contributed by atoms with E-state index in [2.05, 4.69) is 20.2 Å². The Labute approximate surface area is 229 Å². The van der Waals surface area contributed by atoms with Gasteiger partial charge >= 0.3 is 0 Å². The molecule has 0 unspecified atom stereocenters. The van der Waals surface area contributed by atoms with Crippen molar-refractivity contribution in [2.75, 3.05) is 46.8 Å². The van der Waals surface area contributed by atoms with E-state index >= 15 is 0 Å². The molecular weight excluding hydrogens is 516 g/mol. The number of thiazole rings is 1. The quantitative estimate of drug-likeness (QED) is 0.234. The van der Waals surface area contributed by atoms with Crippen molar-refractivity contribution in [3.8, 4) is 28.7 Å². The smallest absolute Gasteiger partial charge is 0.257 e. The summed E-state index contributed by atoms with van der Waals surface area (Å²) in [4.78, 5) is 23.7. The Bertz CT molecular complexity index is 1620. The van der Waals surface area contributed by atoms with Gasteiger partial charge in [-0.25, -0.2) is 4.98 Å². The number of benzene rings is 3. The molecule has 2 aromatic heterocycles. The summed E-state index contributed by atoms with van der Waals surface area (Å²) < 4.78 is 23.8. The number of carbonyl (C=O) groups excluding carboxylic acids is 1. The number of rotatable bonds is 10. The summed E-state index contributed by atoms with van der Waals surface area (Å²) in [6, 6.07) is 18.1. The Morgan fingerprint density at radius 3 is 2.44 bits per heavy atom. The summed E-state index contributed by atoms with van der Waals surface area (Å²) >= 11 is 1.37. The van der Waals surface area contributed by atoms with Crippen LogP contribution in [0, 0.1) is 0 Å². The van der Waals surface area contributed by atoms with Crippen LogP contribution in [0.4, 0.5) is 5.13 Å². The SMILES string of the molecule is COc1ccc(C(=O)Nc2nc3ccc(Oc4ccnc5cc(OCCN(C)C)c(OC)cc45)cc3s2)cc1. The number of pyridine rings is 1. The number of methoxy groups -OCH3 is 2. The zero-order chi connectivity index (χ0) is 27.4. The van der Waals surface area contributed by atoms with Gasteiger partial charge in [-0.05, 0) is 62.6 Å². The van der Waals surface area contributed by atoms with E-state index in [-0.39, 0.29) is 5.91 Å². The Balaban J connectivity index is 1.35. The van der Waals surface area contributed by atoms with Crippen LogP contribution < -0.4 is 24.3 Å². The molecule has 0 fully saturated rings. The second-order valence-electron chi connectivity index (χ2n) is 8.91. The summed E-state index contributed by atoms with van der Waals surface area (Å²) in [6.07, 6.45) is 1.70. The second kappa shape index (κ2) is 11.5. The van der Waals surface area contributed by atoms with Crippen molar-refractivity contribution in [2.24, 2.45) is 0 Å². The molecule has 10 heteroatoms. The van der Waals surface area contributed by atoms with E-state index in [4.69, 9.17) is 18.9 Å². The van der Waals surface area contributed by atoms with Gasteiger partial charge in [-0.15, -0.1) is 0 Å². The monoisotopic (exact) mass is 544 g/mol. The van der Waals surface area contributed by atoms with Gasteiger partial charge in [0.15, 0.2) is 16.6 Å². The first kappa shape index (κ1) is 26.2. The molecular formula is C29H28N4O5S. The van der Waals surface area contributed by atoms with Crippen molar-refractivity contribution >= 4 is 43.5 Å². The molecule has 0 atom stereocenters. The summed E-state index contributed by atoms with van der Waals surface area (Å²) in [5, 5.41) is 4.17. The zero-order valence-electron chi connectivity index (χ0n) is 22.1. The average molecular weight is 545 g/mol. The van der Waals surface area contributed by atoms with Gasteiger partial charge in [-0.2, -0.15) is 0 Å². The van der Waals surface area contributed by atoms with Crippen molar-refractivity contribution in [2.45, 2.75) is 0 Å². The third kappa shape index (κ3) is 6.02. The fraction of sp³-hybridized carbons (Fsp3) is 0.207. The van der Waals surface area contributed by atoms with Gasteiger partial charge < -0.3 is 23.8 Å². The number of amides is 1. The van der Waals surface area contributed by atoms with Gasteiger partial charge in [0, 0.05) is 35.8 Å². The molecule has 5 rings (SSSR count). The number of aromatic nitrogens is 2. The van der Waals surface area contributed by atoms with Crippen LogP contribution in [-0.4, -0.2) is 62.2 Å². The molecule has 1 N–H and O–H groups in total. The van der Waals surface area contributed by atoms with Gasteiger partial charge in [0.05, 0.1) is 30.0 Å². The first-order valence-electron chi connectivity index (χ1n) is 12.2. The molecule has 9 nitrogen and oxygen atoms in total. The van der Waals surface area contributed by atoms with E-state index in [1.165, 1.54) is 11.3 Å². The van der Waals surface area contributed by atoms with E-state index in [0.717, 1.165) is 27.7 Å². The first-order valence-corrected chi connectivity index (χ1v) is 13.0. The molecule has 5 aromatic rings. The number of carbonyl (C=O) groups is 1. The summed E-state index contributed by atoms with van der Waals surface area (Å²) in [5.74, 6) is 2.96. The molecule has 3 aromatic carbocycles. The van der Waals surface area contributed by atoms with Crippen molar-refractivity contribution < 1.29 is 23.7 Å². The molecule has 200 valence electrons. The molecule has 0 radical (unpaired) electrons. The lowest BCUT2D eigenvalue weighted by Crippen LogP contribution is -2.19. The zero-order valence-corrected chi connectivity index (χ0v) is 22.9. The van der Waals surface area contributed by atoms with E-state index in [9.17, 15) is 4.79 Å². The van der Waals surface area contributed by atoms with Crippen LogP contribution in [0.1, 0.15) is 10.4 Å². The highest BCUT2D eigenvalue weighted by atomic mass is 32.1. The Morgan fingerprint density at radius 2 is 1.69 bits per heavy atom. The predicted octanol–water partition coefficient (Wildman–Crippen LogP) is 5.85. The number of hydrogen-bond donors (Lipinski definition) is 1. The molecule has 0 bridgehead atoms. The highest BCUT2D eigenvalue weighted by Gasteiger charge is 2.14. The van der Waals surface area contributed by atoms with Gasteiger partial charge in [0.1, 0.15) is 23.9 Å². The van der Waals surface area contributed by atoms with Crippen molar-refractivity contribution in [1.29, 1.82) is 0 Å². The minimum absolute atomic E-state index is 0.240. The molecule has 2 heterocycles. The summed E-state index contributed by atoms with van der Waals surface area (Å²) in [6.45, 7) is 1.31. The van der Waals surface area contributed by atoms with E-state index in [0.29, 0.717) is 46.0 Å². The lowest BCUT2D eigenvalue weighted by molar-refractivity contribution is 0.102. The minimum atomic E-state index is -0.240. The van der Waals surface area contributed by atoms with Gasteiger partial charge in [0.2, 0.25) is 0 Å². The van der Waals surface area contributed by atoms with Crippen LogP contribution in [0.25, 0.3) is 21.1 Å². The van der Waals surface area contributed by atoms with Crippen LogP contribution in [0.2, 0.25) is 0 Å². The highest BCUT2D eigenvalue weighted by molar-refractivity contribution is 7.22. The molecule has 0 saturated heterocycles. The van der Waals surface area contributed by atoms with Crippen molar-refractivity contribution in [1.82, 2.24) is 14.9 Å². The average Bonchev–Trinajstić information content (AvgIpc) is 3.34. The molecule has 0 saturated carbocycles. The maximum Gasteiger partial charge on any atom is 0.257 e. The van der Waals surface area contributed by atoms with Gasteiger partial charge in [-0.1, -0.05) is 11.3 Å². The van der Waals surface area contributed by atoms with E-state index in [1.807, 2.05) is 50.5 Å². The summed E-state index contributed by atoms with van der Waals surface area (Å²) in [5.41, 5.74) is 2.01. The first-order chi connectivity index (χ1) is 18.9. The number of likely N-dealkylation sites (N-methyl/N-ethyl adjacent to an activating group) is 1. The topological polar surface area (TPSA) is 95.0 Å². The fourth-order valence-corrected chi connectivity index (χ4v) is 4.78. The lowest BCUT2D eigenvalue weighted by Gasteiger charge is -2.15. The lowest BCUT2D eigenvalue weighted by atomic mass is 10.2. The Morgan fingerprint density at radius 1 is 0.897 bits per heavy atom. The second-order valence-corrected chi connectivity index (χ2v) is 9.94. The predicted molar refractivity (Wildman–Crippen MR) is 153 cm³/mol. The maximum absolute atomic E-state index is 12.7. The standard InChI is InChI=1S/C29H28N4O5S/c1-33(2)13-14-37-26-17-23-21(16-25(26)36-4)24(11-12-30-23)38-20-9-10-22-27(15-20)39-29(31-22)32-28(34)18-5-7-19(35-3)8-6-18/h5-12,15-17H,13-14H2,1-4H3,(H,31,32,34). The number of anilines is 1. The Hall–Kier alpha value is -4.41. The van der Waals surface area contributed by atoms with E-state index < -0.39 is 0 Å². The largest absolute Gasteiger partial charge is 0.497 e. The van der Waals surface area contributed by atoms with Crippen LogP contribution in [0.3, 0.4) is 0 Å². The minimum Gasteiger partial charge on any atom is -0.497 e. The third-order valence-corrected chi connectivity index (χ3v) is 6.88. The summed E-state index contributed by atoms with van der Waals surface area (Å²) in [7, 11) is 7.19. The number of hydrogen-bond acceptors (Lipinski definition) is 9. The van der Waals surface area contributed by atoms with Gasteiger partial charge in [-0.3, -0.25) is 15.1 Å². The van der Waals surface area contributed by atoms with E-state index in [1.54, 1.807) is 44.7 Å². The molecule has 39 heavy (non-hydrogen) atoms. The van der Waals surface area contributed by atoms with Gasteiger partial charge in [0.25, 0.3) is 5.91 Å². The number of fused-ring (bicyclic) bond motifs is 2. The van der Waals surface area contributed by atoms with Crippen molar-refractivity contribution in [3.05, 3.63) is 72.4 Å². The van der Waals surface area contributed by atoms with Crippen LogP contribution in [-0.2, 0) is 0 Å². The molecule has 0 aliphatic carbocycles. The van der Waals surface area contributed by atoms with Crippen molar-refractivity contribution in [3.63, 3.8) is 0 Å². The molecule has 0 spiro atoms. The molecule has 1 amide bonds. The Kier molecular flexibility index (Phi) is 7.76. The number of nitrogens with zero attached hydrogens (tertiary/aromatic N) is 3. The fourth-order valence-electron chi connectivity index (χ4n) is 3.89. The van der Waals surface area contributed by atoms with Crippen LogP contribution in [0.15, 0.2) is 66.9 Å². The van der Waals surface area contributed by atoms with Crippen LogP contribution >= 0.6 is 11.3 Å². The highest BCUT2D eigenvalue weighted by Crippen LogP contribution is 2.38.